The maximum atomic E-state index is 13.4. The van der Waals surface area contributed by atoms with E-state index in [-0.39, 0.29) is 23.5 Å². The third kappa shape index (κ3) is 6.66. The van der Waals surface area contributed by atoms with Crippen LogP contribution in [0.5, 0.6) is 0 Å². The van der Waals surface area contributed by atoms with Gasteiger partial charge in [-0.15, -0.1) is 0 Å². The lowest BCUT2D eigenvalue weighted by atomic mass is 9.81. The summed E-state index contributed by atoms with van der Waals surface area (Å²) < 4.78 is 44.1. The summed E-state index contributed by atoms with van der Waals surface area (Å²) in [6, 6.07) is -0.846. The van der Waals surface area contributed by atoms with Crippen molar-refractivity contribution >= 4 is 34.4 Å². The molecule has 2 amide bonds. The molecule has 2 aliphatic rings. The van der Waals surface area contributed by atoms with Crippen LogP contribution in [0, 0.1) is 5.92 Å². The number of likely N-dealkylation sites (tertiary alicyclic amines) is 1. The van der Waals surface area contributed by atoms with Crippen LogP contribution in [0.4, 0.5) is 4.79 Å². The molecule has 3 rings (SSSR count). The molecule has 13 heteroatoms. The minimum Gasteiger partial charge on any atom is -0.444 e. The molecule has 0 bridgehead atoms. The van der Waals surface area contributed by atoms with Gasteiger partial charge >= 0.3 is 13.2 Å². The highest BCUT2D eigenvalue weighted by atomic mass is 32.2. The number of nitrogens with one attached hydrogen (secondary N) is 1. The Morgan fingerprint density at radius 2 is 1.68 bits per heavy atom. The number of ether oxygens (including phenoxy) is 1. The molecule has 2 saturated heterocycles. The monoisotopic (exact) mass is 552 g/mol. The van der Waals surface area contributed by atoms with Gasteiger partial charge in [-0.2, -0.15) is 0 Å². The molecular formula is C25H41BN4O7S. The van der Waals surface area contributed by atoms with Gasteiger partial charge < -0.3 is 24.3 Å². The predicted molar refractivity (Wildman–Crippen MR) is 143 cm³/mol. The Hall–Kier alpha value is -2.25. The summed E-state index contributed by atoms with van der Waals surface area (Å²) in [4.78, 5) is 35.4. The van der Waals surface area contributed by atoms with Gasteiger partial charge in [0.1, 0.15) is 11.6 Å². The van der Waals surface area contributed by atoms with Crippen molar-refractivity contribution in [1.29, 1.82) is 0 Å². The van der Waals surface area contributed by atoms with E-state index < -0.39 is 51.1 Å². The second-order valence-corrected chi connectivity index (χ2v) is 14.5. The van der Waals surface area contributed by atoms with Crippen LogP contribution in [0.1, 0.15) is 75.2 Å². The fourth-order valence-corrected chi connectivity index (χ4v) is 5.81. The van der Waals surface area contributed by atoms with Crippen molar-refractivity contribution in [2.45, 2.75) is 108 Å². The summed E-state index contributed by atoms with van der Waals surface area (Å²) in [6.45, 7) is 16.9. The van der Waals surface area contributed by atoms with Crippen molar-refractivity contribution < 1.29 is 32.1 Å². The Morgan fingerprint density at radius 1 is 1.13 bits per heavy atom. The maximum Gasteiger partial charge on any atom is 0.498 e. The van der Waals surface area contributed by atoms with E-state index in [1.165, 1.54) is 17.3 Å². The zero-order valence-electron chi connectivity index (χ0n) is 23.9. The van der Waals surface area contributed by atoms with Crippen molar-refractivity contribution in [2.75, 3.05) is 13.1 Å². The van der Waals surface area contributed by atoms with Crippen molar-refractivity contribution in [3.05, 3.63) is 12.4 Å². The molecule has 0 radical (unpaired) electrons. The van der Waals surface area contributed by atoms with Gasteiger partial charge in [0.05, 0.1) is 16.5 Å². The largest absolute Gasteiger partial charge is 0.498 e. The van der Waals surface area contributed by atoms with Crippen LogP contribution in [-0.4, -0.2) is 83.6 Å². The Bertz CT molecular complexity index is 1120. The van der Waals surface area contributed by atoms with Crippen molar-refractivity contribution in [3.63, 3.8) is 0 Å². The molecule has 1 aromatic rings. The minimum absolute atomic E-state index is 0.0112. The standard InChI is InChI=1S/C25H41BN4O7S/c1-16(2)19(29-22(32)35-23(3,4)5)20(31)30-12-10-11-18(15-30)38(33,34)21-27-13-17(14-28-21)26-36-24(6,7)25(8,9)37-26/h13-14,16,18-19H,10-12,15H2,1-9H3,(H,29,32)/t18-,19?/m0/s1. The van der Waals surface area contributed by atoms with Gasteiger partial charge in [0.25, 0.3) is 0 Å². The van der Waals surface area contributed by atoms with E-state index in [0.29, 0.717) is 24.8 Å². The molecule has 0 spiro atoms. The third-order valence-electron chi connectivity index (χ3n) is 7.16. The number of piperidine rings is 1. The molecule has 0 saturated carbocycles. The summed E-state index contributed by atoms with van der Waals surface area (Å²) in [5.74, 6) is -0.569. The van der Waals surface area contributed by atoms with Gasteiger partial charge in [-0.3, -0.25) is 4.79 Å². The quantitative estimate of drug-likeness (QED) is 0.415. The van der Waals surface area contributed by atoms with Crippen LogP contribution in [-0.2, 0) is 28.7 Å². The van der Waals surface area contributed by atoms with Crippen LogP contribution in [0.25, 0.3) is 0 Å². The van der Waals surface area contributed by atoms with Crippen molar-refractivity contribution in [3.8, 4) is 0 Å². The van der Waals surface area contributed by atoms with E-state index >= 15 is 0 Å². The first kappa shape index (κ1) is 30.3. The molecule has 0 aliphatic carbocycles. The van der Waals surface area contributed by atoms with Gasteiger partial charge in [0.2, 0.25) is 20.9 Å². The van der Waals surface area contributed by atoms with Crippen molar-refractivity contribution in [1.82, 2.24) is 20.2 Å². The summed E-state index contributed by atoms with van der Waals surface area (Å²) in [7, 11) is -4.62. The summed E-state index contributed by atoms with van der Waals surface area (Å²) in [6.07, 6.45) is 3.00. The van der Waals surface area contributed by atoms with E-state index in [2.05, 4.69) is 15.3 Å². The molecule has 212 valence electrons. The number of sulfone groups is 1. The zero-order valence-corrected chi connectivity index (χ0v) is 24.7. The van der Waals surface area contributed by atoms with E-state index in [0.717, 1.165) is 0 Å². The highest BCUT2D eigenvalue weighted by molar-refractivity contribution is 7.91. The van der Waals surface area contributed by atoms with Crippen LogP contribution in [0.15, 0.2) is 17.6 Å². The topological polar surface area (TPSA) is 137 Å². The molecule has 11 nitrogen and oxygen atoms in total. The average molecular weight is 553 g/mol. The van der Waals surface area contributed by atoms with Crippen LogP contribution < -0.4 is 10.8 Å². The van der Waals surface area contributed by atoms with Gasteiger partial charge in [0.15, 0.2) is 0 Å². The number of carbonyl (C=O) groups is 2. The average Bonchev–Trinajstić information content (AvgIpc) is 3.02. The lowest BCUT2D eigenvalue weighted by Crippen LogP contribution is -2.55. The Balaban J connectivity index is 1.72. The molecule has 2 fully saturated rings. The SMILES string of the molecule is CC(C)C(NC(=O)OC(C)(C)C)C(=O)N1CCC[C@H](S(=O)(=O)c2ncc(B3OC(C)(C)C(C)(C)O3)cn2)C1. The maximum absolute atomic E-state index is 13.4. The first-order chi connectivity index (χ1) is 17.3. The highest BCUT2D eigenvalue weighted by Crippen LogP contribution is 2.36. The molecular weight excluding hydrogens is 511 g/mol. The lowest BCUT2D eigenvalue weighted by Gasteiger charge is -2.35. The second kappa shape index (κ2) is 10.7. The number of hydrogen-bond acceptors (Lipinski definition) is 9. The Morgan fingerprint density at radius 3 is 2.18 bits per heavy atom. The predicted octanol–water partition coefficient (Wildman–Crippen LogP) is 2.09. The first-order valence-corrected chi connectivity index (χ1v) is 14.6. The first-order valence-electron chi connectivity index (χ1n) is 13.0. The fourth-order valence-electron chi connectivity index (χ4n) is 4.26. The lowest BCUT2D eigenvalue weighted by molar-refractivity contribution is -0.135. The Labute approximate surface area is 226 Å². The van der Waals surface area contributed by atoms with Crippen molar-refractivity contribution in [2.24, 2.45) is 5.92 Å². The minimum atomic E-state index is -3.92. The summed E-state index contributed by atoms with van der Waals surface area (Å²) in [5, 5.41) is 1.48. The smallest absolute Gasteiger partial charge is 0.444 e. The zero-order chi connectivity index (χ0) is 28.7. The van der Waals surface area contributed by atoms with E-state index in [1.807, 2.05) is 41.5 Å². The van der Waals surface area contributed by atoms with Crippen LogP contribution in [0.3, 0.4) is 0 Å². The molecule has 3 heterocycles. The summed E-state index contributed by atoms with van der Waals surface area (Å²) >= 11 is 0. The second-order valence-electron chi connectivity index (χ2n) is 12.3. The van der Waals surface area contributed by atoms with E-state index in [1.54, 1.807) is 20.8 Å². The van der Waals surface area contributed by atoms with E-state index in [4.69, 9.17) is 14.0 Å². The molecule has 2 atom stereocenters. The van der Waals surface area contributed by atoms with Crippen LogP contribution in [0.2, 0.25) is 0 Å². The van der Waals surface area contributed by atoms with Crippen LogP contribution >= 0.6 is 0 Å². The fraction of sp³-hybridized carbons (Fsp3) is 0.760. The van der Waals surface area contributed by atoms with E-state index in [9.17, 15) is 18.0 Å². The number of hydrogen-bond donors (Lipinski definition) is 1. The normalized spacial score (nSPS) is 22.3. The molecule has 1 aromatic heterocycles. The van der Waals surface area contributed by atoms with Gasteiger partial charge in [-0.05, 0) is 67.2 Å². The number of amides is 2. The summed E-state index contributed by atoms with van der Waals surface area (Å²) in [5.41, 5.74) is -1.29. The number of alkyl carbamates (subject to hydrolysis) is 1. The molecule has 0 aromatic carbocycles. The highest BCUT2D eigenvalue weighted by Gasteiger charge is 2.52. The Kier molecular flexibility index (Phi) is 8.55. The number of nitrogens with zero attached hydrogens (tertiary/aromatic N) is 3. The molecule has 1 N–H and O–H groups in total. The molecule has 2 aliphatic heterocycles. The van der Waals surface area contributed by atoms with Gasteiger partial charge in [-0.25, -0.2) is 23.2 Å². The molecule has 38 heavy (non-hydrogen) atoms. The third-order valence-corrected chi connectivity index (χ3v) is 9.14. The number of aromatic nitrogens is 2. The molecule has 1 unspecified atom stereocenters. The number of carbonyl (C=O) groups excluding carboxylic acids is 2. The number of rotatable bonds is 6. The van der Waals surface area contributed by atoms with Gasteiger partial charge in [-0.1, -0.05) is 13.8 Å². The van der Waals surface area contributed by atoms with Gasteiger partial charge in [0, 0.05) is 30.9 Å².